The zero-order valence-corrected chi connectivity index (χ0v) is 11.5. The van der Waals surface area contributed by atoms with Gasteiger partial charge in [-0.2, -0.15) is 4.31 Å². The van der Waals surface area contributed by atoms with Crippen LogP contribution in [0.3, 0.4) is 0 Å². The van der Waals surface area contributed by atoms with Crippen molar-refractivity contribution >= 4 is 10.0 Å². The molecular weight excluding hydrogens is 238 g/mol. The molecule has 0 bridgehead atoms. The Morgan fingerprint density at radius 3 is 2.24 bits per heavy atom. The predicted octanol–water partition coefficient (Wildman–Crippen LogP) is 2.11. The van der Waals surface area contributed by atoms with Crippen LogP contribution in [-0.4, -0.2) is 32.9 Å². The molecule has 0 aromatic heterocycles. The number of benzene rings is 1. The summed E-state index contributed by atoms with van der Waals surface area (Å²) in [4.78, 5) is 0.293. The molecule has 0 aliphatic carbocycles. The molecule has 96 valence electrons. The second kappa shape index (κ2) is 5.51. The first-order valence-electron chi connectivity index (χ1n) is 5.55. The minimum Gasteiger partial charge on any atom is -0.497 e. The van der Waals surface area contributed by atoms with E-state index in [4.69, 9.17) is 4.74 Å². The molecule has 5 heteroatoms. The number of sulfonamides is 1. The molecule has 0 saturated heterocycles. The van der Waals surface area contributed by atoms with Crippen molar-refractivity contribution in [3.05, 3.63) is 24.3 Å². The van der Waals surface area contributed by atoms with Gasteiger partial charge in [-0.05, 0) is 37.6 Å². The zero-order valence-electron chi connectivity index (χ0n) is 10.7. The average molecular weight is 257 g/mol. The lowest BCUT2D eigenvalue weighted by atomic mass is 10.3. The van der Waals surface area contributed by atoms with Crippen molar-refractivity contribution in [3.63, 3.8) is 0 Å². The topological polar surface area (TPSA) is 46.6 Å². The average Bonchev–Trinajstić information content (AvgIpc) is 2.36. The minimum atomic E-state index is -3.40. The van der Waals surface area contributed by atoms with Crippen LogP contribution in [0, 0.1) is 0 Å². The lowest BCUT2D eigenvalue weighted by Gasteiger charge is -2.23. The molecular formula is C12H19NO3S. The lowest BCUT2D eigenvalue weighted by Crippen LogP contribution is -2.34. The van der Waals surface area contributed by atoms with Gasteiger partial charge in [-0.15, -0.1) is 0 Å². The largest absolute Gasteiger partial charge is 0.497 e. The standard InChI is InChI=1S/C12H19NO3S/c1-5-10(2)13(3)17(14,15)12-8-6-11(16-4)7-9-12/h6-10H,5H2,1-4H3/t10-/m0/s1. The van der Waals surface area contributed by atoms with Crippen LogP contribution in [0.4, 0.5) is 0 Å². The first-order chi connectivity index (χ1) is 7.93. The highest BCUT2D eigenvalue weighted by Gasteiger charge is 2.24. The Bertz CT molecular complexity index is 453. The Labute approximate surface area is 103 Å². The fraction of sp³-hybridized carbons (Fsp3) is 0.500. The maximum atomic E-state index is 12.2. The fourth-order valence-corrected chi connectivity index (χ4v) is 2.84. The summed E-state index contributed by atoms with van der Waals surface area (Å²) in [5, 5.41) is 0. The summed E-state index contributed by atoms with van der Waals surface area (Å²) < 4.78 is 30.8. The Hall–Kier alpha value is -1.07. The van der Waals surface area contributed by atoms with E-state index in [1.807, 2.05) is 13.8 Å². The Balaban J connectivity index is 3.04. The summed E-state index contributed by atoms with van der Waals surface area (Å²) in [6.07, 6.45) is 0.784. The quantitative estimate of drug-likeness (QED) is 0.811. The van der Waals surface area contributed by atoms with Crippen molar-refractivity contribution in [1.82, 2.24) is 4.31 Å². The monoisotopic (exact) mass is 257 g/mol. The van der Waals surface area contributed by atoms with Gasteiger partial charge in [0.15, 0.2) is 0 Å². The number of ether oxygens (including phenoxy) is 1. The maximum absolute atomic E-state index is 12.2. The van der Waals surface area contributed by atoms with Crippen LogP contribution in [0.5, 0.6) is 5.75 Å². The van der Waals surface area contributed by atoms with Gasteiger partial charge in [0.1, 0.15) is 5.75 Å². The molecule has 0 heterocycles. The molecule has 1 aromatic rings. The molecule has 0 saturated carbocycles. The van der Waals surface area contributed by atoms with Crippen LogP contribution in [0.2, 0.25) is 0 Å². The van der Waals surface area contributed by atoms with Crippen LogP contribution in [0.25, 0.3) is 0 Å². The normalized spacial score (nSPS) is 13.7. The van der Waals surface area contributed by atoms with Gasteiger partial charge in [0.05, 0.1) is 12.0 Å². The number of hydrogen-bond acceptors (Lipinski definition) is 3. The molecule has 0 amide bonds. The summed E-state index contributed by atoms with van der Waals surface area (Å²) in [7, 11) is -0.242. The molecule has 1 aromatic carbocycles. The Kier molecular flexibility index (Phi) is 4.54. The van der Waals surface area contributed by atoms with E-state index >= 15 is 0 Å². The lowest BCUT2D eigenvalue weighted by molar-refractivity contribution is 0.380. The van der Waals surface area contributed by atoms with E-state index in [1.54, 1.807) is 38.4 Å². The van der Waals surface area contributed by atoms with Crippen LogP contribution < -0.4 is 4.74 Å². The molecule has 0 fully saturated rings. The number of nitrogens with zero attached hydrogens (tertiary/aromatic N) is 1. The summed E-state index contributed by atoms with van der Waals surface area (Å²) in [5.74, 6) is 0.648. The molecule has 4 nitrogen and oxygen atoms in total. The van der Waals surface area contributed by atoms with Crippen LogP contribution in [-0.2, 0) is 10.0 Å². The molecule has 1 rings (SSSR count). The number of hydrogen-bond donors (Lipinski definition) is 0. The third-order valence-electron chi connectivity index (χ3n) is 2.95. The van der Waals surface area contributed by atoms with Crippen molar-refractivity contribution in [2.24, 2.45) is 0 Å². The molecule has 0 N–H and O–H groups in total. The van der Waals surface area contributed by atoms with Gasteiger partial charge in [0.2, 0.25) is 10.0 Å². The molecule has 0 unspecified atom stereocenters. The van der Waals surface area contributed by atoms with Gasteiger partial charge in [-0.1, -0.05) is 6.92 Å². The van der Waals surface area contributed by atoms with Crippen molar-refractivity contribution in [2.75, 3.05) is 14.2 Å². The van der Waals surface area contributed by atoms with Gasteiger partial charge in [-0.3, -0.25) is 0 Å². The summed E-state index contributed by atoms with van der Waals surface area (Å²) in [6, 6.07) is 6.41. The highest BCUT2D eigenvalue weighted by atomic mass is 32.2. The summed E-state index contributed by atoms with van der Waals surface area (Å²) in [5.41, 5.74) is 0. The molecule has 0 aliphatic heterocycles. The predicted molar refractivity (Wildman–Crippen MR) is 67.7 cm³/mol. The van der Waals surface area contributed by atoms with Gasteiger partial charge >= 0.3 is 0 Å². The SMILES string of the molecule is CC[C@H](C)N(C)S(=O)(=O)c1ccc(OC)cc1. The minimum absolute atomic E-state index is 0.0119. The second-order valence-corrected chi connectivity index (χ2v) is 5.95. The van der Waals surface area contributed by atoms with Gasteiger partial charge in [0.25, 0.3) is 0 Å². The smallest absolute Gasteiger partial charge is 0.243 e. The zero-order chi connectivity index (χ0) is 13.1. The van der Waals surface area contributed by atoms with Crippen molar-refractivity contribution in [3.8, 4) is 5.75 Å². The van der Waals surface area contributed by atoms with E-state index in [-0.39, 0.29) is 6.04 Å². The van der Waals surface area contributed by atoms with Crippen molar-refractivity contribution in [2.45, 2.75) is 31.2 Å². The highest BCUT2D eigenvalue weighted by molar-refractivity contribution is 7.89. The first-order valence-corrected chi connectivity index (χ1v) is 6.99. The maximum Gasteiger partial charge on any atom is 0.243 e. The van der Waals surface area contributed by atoms with Gasteiger partial charge in [-0.25, -0.2) is 8.42 Å². The van der Waals surface area contributed by atoms with Crippen LogP contribution in [0.15, 0.2) is 29.2 Å². The summed E-state index contributed by atoms with van der Waals surface area (Å²) >= 11 is 0. The Morgan fingerprint density at radius 1 is 1.29 bits per heavy atom. The van der Waals surface area contributed by atoms with Gasteiger partial charge in [0, 0.05) is 13.1 Å². The van der Waals surface area contributed by atoms with E-state index < -0.39 is 10.0 Å². The van der Waals surface area contributed by atoms with E-state index in [1.165, 1.54) is 4.31 Å². The third kappa shape index (κ3) is 2.98. The fourth-order valence-electron chi connectivity index (χ4n) is 1.41. The van der Waals surface area contributed by atoms with Crippen molar-refractivity contribution < 1.29 is 13.2 Å². The molecule has 0 radical (unpaired) electrons. The van der Waals surface area contributed by atoms with E-state index in [0.29, 0.717) is 10.6 Å². The Morgan fingerprint density at radius 2 is 1.82 bits per heavy atom. The van der Waals surface area contributed by atoms with Crippen molar-refractivity contribution in [1.29, 1.82) is 0 Å². The van der Waals surface area contributed by atoms with Crippen LogP contribution >= 0.6 is 0 Å². The molecule has 1 atom stereocenters. The highest BCUT2D eigenvalue weighted by Crippen LogP contribution is 2.20. The van der Waals surface area contributed by atoms with Gasteiger partial charge < -0.3 is 4.74 Å². The summed E-state index contributed by atoms with van der Waals surface area (Å²) in [6.45, 7) is 3.85. The molecule has 17 heavy (non-hydrogen) atoms. The number of methoxy groups -OCH3 is 1. The van der Waals surface area contributed by atoms with E-state index in [9.17, 15) is 8.42 Å². The van der Waals surface area contributed by atoms with E-state index in [2.05, 4.69) is 0 Å². The second-order valence-electron chi connectivity index (χ2n) is 3.95. The molecule has 0 spiro atoms. The van der Waals surface area contributed by atoms with Crippen LogP contribution in [0.1, 0.15) is 20.3 Å². The third-order valence-corrected chi connectivity index (χ3v) is 4.93. The molecule has 0 aliphatic rings. The van der Waals surface area contributed by atoms with E-state index in [0.717, 1.165) is 6.42 Å². The number of rotatable bonds is 5. The first kappa shape index (κ1) is 14.0.